The van der Waals surface area contributed by atoms with Gasteiger partial charge in [0, 0.05) is 12.6 Å². The fourth-order valence-corrected chi connectivity index (χ4v) is 2.41. The van der Waals surface area contributed by atoms with E-state index in [2.05, 4.69) is 57.0 Å². The van der Waals surface area contributed by atoms with Crippen LogP contribution in [0.1, 0.15) is 45.2 Å². The van der Waals surface area contributed by atoms with Gasteiger partial charge in [-0.25, -0.2) is 0 Å². The first-order valence-electron chi connectivity index (χ1n) is 6.96. The lowest BCUT2D eigenvalue weighted by Gasteiger charge is -2.35. The lowest BCUT2D eigenvalue weighted by molar-refractivity contribution is 0.175. The minimum absolute atomic E-state index is 0.0859. The van der Waals surface area contributed by atoms with Crippen LogP contribution in [0.4, 0.5) is 0 Å². The number of rotatable bonds is 7. The van der Waals surface area contributed by atoms with Crippen molar-refractivity contribution in [1.82, 2.24) is 4.90 Å². The molecule has 0 heterocycles. The first kappa shape index (κ1) is 15.2. The van der Waals surface area contributed by atoms with Crippen molar-refractivity contribution in [1.29, 1.82) is 0 Å². The number of nitrogens with two attached hydrogens (primary N) is 1. The first-order chi connectivity index (χ1) is 8.47. The Kier molecular flexibility index (Phi) is 5.83. The van der Waals surface area contributed by atoms with Gasteiger partial charge in [0.25, 0.3) is 0 Å². The molecule has 2 N–H and O–H groups in total. The molecule has 0 radical (unpaired) electrons. The van der Waals surface area contributed by atoms with Crippen LogP contribution in [0.2, 0.25) is 0 Å². The van der Waals surface area contributed by atoms with Crippen LogP contribution < -0.4 is 5.73 Å². The molecule has 0 fully saturated rings. The summed E-state index contributed by atoms with van der Waals surface area (Å²) >= 11 is 0. The first-order valence-corrected chi connectivity index (χ1v) is 6.96. The Labute approximate surface area is 112 Å². The van der Waals surface area contributed by atoms with Crippen LogP contribution in [0, 0.1) is 5.41 Å². The van der Waals surface area contributed by atoms with Crippen molar-refractivity contribution in [2.75, 3.05) is 20.1 Å². The van der Waals surface area contributed by atoms with Gasteiger partial charge in [0.2, 0.25) is 0 Å². The van der Waals surface area contributed by atoms with E-state index in [1.165, 1.54) is 18.4 Å². The highest BCUT2D eigenvalue weighted by atomic mass is 15.1. The van der Waals surface area contributed by atoms with Gasteiger partial charge in [-0.1, -0.05) is 57.5 Å². The van der Waals surface area contributed by atoms with Gasteiger partial charge < -0.3 is 10.6 Å². The van der Waals surface area contributed by atoms with Gasteiger partial charge in [-0.3, -0.25) is 0 Å². The van der Waals surface area contributed by atoms with Gasteiger partial charge in [-0.05, 0) is 31.0 Å². The molecule has 0 saturated carbocycles. The zero-order valence-electron chi connectivity index (χ0n) is 12.3. The van der Waals surface area contributed by atoms with Gasteiger partial charge in [0.1, 0.15) is 0 Å². The van der Waals surface area contributed by atoms with Crippen LogP contribution in [0.5, 0.6) is 0 Å². The zero-order chi connectivity index (χ0) is 13.6. The third kappa shape index (κ3) is 4.43. The maximum atomic E-state index is 6.42. The van der Waals surface area contributed by atoms with E-state index in [1.807, 2.05) is 6.07 Å². The molecule has 1 aromatic rings. The summed E-state index contributed by atoms with van der Waals surface area (Å²) in [6, 6.07) is 10.5. The summed E-state index contributed by atoms with van der Waals surface area (Å²) in [7, 11) is 2.19. The number of unbranched alkanes of at least 4 members (excludes halogenated alkanes) is 1. The van der Waals surface area contributed by atoms with E-state index >= 15 is 0 Å². The number of nitrogens with zero attached hydrogens (tertiary/aromatic N) is 1. The Morgan fingerprint density at radius 3 is 2.39 bits per heavy atom. The van der Waals surface area contributed by atoms with Crippen LogP contribution in [-0.4, -0.2) is 25.0 Å². The summed E-state index contributed by atoms with van der Waals surface area (Å²) in [5.41, 5.74) is 7.74. The Bertz CT molecular complexity index is 332. The normalized spacial score (nSPS) is 13.9. The maximum absolute atomic E-state index is 6.42. The molecule has 1 aromatic carbocycles. The van der Waals surface area contributed by atoms with Crippen molar-refractivity contribution < 1.29 is 0 Å². The topological polar surface area (TPSA) is 29.3 Å². The highest BCUT2D eigenvalue weighted by molar-refractivity contribution is 5.20. The van der Waals surface area contributed by atoms with Crippen molar-refractivity contribution in [3.63, 3.8) is 0 Å². The fourth-order valence-electron chi connectivity index (χ4n) is 2.41. The largest absolute Gasteiger partial charge is 0.323 e. The van der Waals surface area contributed by atoms with Crippen molar-refractivity contribution in [2.24, 2.45) is 11.1 Å². The van der Waals surface area contributed by atoms with E-state index in [4.69, 9.17) is 5.73 Å². The Balaban J connectivity index is 2.62. The summed E-state index contributed by atoms with van der Waals surface area (Å²) in [6.45, 7) is 8.93. The smallest absolute Gasteiger partial charge is 0.0359 e. The minimum Gasteiger partial charge on any atom is -0.323 e. The van der Waals surface area contributed by atoms with Crippen molar-refractivity contribution >= 4 is 0 Å². The second-order valence-corrected chi connectivity index (χ2v) is 5.97. The fraction of sp³-hybridized carbons (Fsp3) is 0.625. The van der Waals surface area contributed by atoms with E-state index in [1.54, 1.807) is 0 Å². The van der Waals surface area contributed by atoms with E-state index in [0.29, 0.717) is 0 Å². The van der Waals surface area contributed by atoms with Crippen LogP contribution in [0.15, 0.2) is 30.3 Å². The summed E-state index contributed by atoms with van der Waals surface area (Å²) in [4.78, 5) is 2.40. The second-order valence-electron chi connectivity index (χ2n) is 5.97. The highest BCUT2D eigenvalue weighted by Crippen LogP contribution is 2.31. The Morgan fingerprint density at radius 1 is 1.22 bits per heavy atom. The molecule has 1 atom stereocenters. The summed E-state index contributed by atoms with van der Waals surface area (Å²) in [5, 5.41) is 0. The van der Waals surface area contributed by atoms with E-state index in [0.717, 1.165) is 13.1 Å². The monoisotopic (exact) mass is 248 g/mol. The molecule has 0 aliphatic carbocycles. The molecule has 0 aromatic heterocycles. The van der Waals surface area contributed by atoms with Gasteiger partial charge in [0.05, 0.1) is 0 Å². The van der Waals surface area contributed by atoms with Crippen molar-refractivity contribution in [2.45, 2.75) is 39.7 Å². The third-order valence-electron chi connectivity index (χ3n) is 3.57. The van der Waals surface area contributed by atoms with E-state index in [9.17, 15) is 0 Å². The van der Waals surface area contributed by atoms with Gasteiger partial charge in [-0.15, -0.1) is 0 Å². The highest BCUT2D eigenvalue weighted by Gasteiger charge is 2.28. The van der Waals surface area contributed by atoms with E-state index in [-0.39, 0.29) is 11.5 Å². The minimum atomic E-state index is 0.0859. The number of hydrogen-bond acceptors (Lipinski definition) is 2. The second kappa shape index (κ2) is 6.91. The van der Waals surface area contributed by atoms with Crippen LogP contribution in [0.3, 0.4) is 0 Å². The predicted molar refractivity (Wildman–Crippen MR) is 79.6 cm³/mol. The average molecular weight is 248 g/mol. The lowest BCUT2D eigenvalue weighted by atomic mass is 9.80. The molecule has 102 valence electrons. The van der Waals surface area contributed by atoms with Crippen molar-refractivity contribution in [3.05, 3.63) is 35.9 Å². The lowest BCUT2D eigenvalue weighted by Crippen LogP contribution is -2.39. The van der Waals surface area contributed by atoms with Crippen LogP contribution >= 0.6 is 0 Å². The molecule has 1 unspecified atom stereocenters. The van der Waals surface area contributed by atoms with Gasteiger partial charge >= 0.3 is 0 Å². The maximum Gasteiger partial charge on any atom is 0.0359 e. The van der Waals surface area contributed by atoms with Gasteiger partial charge in [-0.2, -0.15) is 0 Å². The standard InChI is InChI=1S/C16H28N2/c1-5-6-12-18(4)13-16(2,3)15(17)14-10-8-7-9-11-14/h7-11,15H,5-6,12-13,17H2,1-4H3. The zero-order valence-corrected chi connectivity index (χ0v) is 12.3. The molecule has 0 saturated heterocycles. The van der Waals surface area contributed by atoms with Crippen LogP contribution in [0.25, 0.3) is 0 Å². The average Bonchev–Trinajstić information content (AvgIpc) is 2.36. The summed E-state index contributed by atoms with van der Waals surface area (Å²) in [6.07, 6.45) is 2.50. The third-order valence-corrected chi connectivity index (χ3v) is 3.57. The molecule has 2 nitrogen and oxygen atoms in total. The predicted octanol–water partition coefficient (Wildman–Crippen LogP) is 3.44. The number of hydrogen-bond donors (Lipinski definition) is 1. The molecule has 18 heavy (non-hydrogen) atoms. The number of benzene rings is 1. The molecular formula is C16H28N2. The Morgan fingerprint density at radius 2 is 1.83 bits per heavy atom. The molecular weight excluding hydrogens is 220 g/mol. The SMILES string of the molecule is CCCCN(C)CC(C)(C)C(N)c1ccccc1. The van der Waals surface area contributed by atoms with E-state index < -0.39 is 0 Å². The quantitative estimate of drug-likeness (QED) is 0.801. The molecule has 0 amide bonds. The van der Waals surface area contributed by atoms with Gasteiger partial charge in [0.15, 0.2) is 0 Å². The molecule has 0 aliphatic rings. The summed E-state index contributed by atoms with van der Waals surface area (Å²) < 4.78 is 0. The molecule has 0 spiro atoms. The molecule has 0 aliphatic heterocycles. The Hall–Kier alpha value is -0.860. The van der Waals surface area contributed by atoms with Crippen molar-refractivity contribution in [3.8, 4) is 0 Å². The molecule has 1 rings (SSSR count). The summed E-state index contributed by atoms with van der Waals surface area (Å²) in [5.74, 6) is 0. The molecule has 0 bridgehead atoms. The molecule has 2 heteroatoms. The van der Waals surface area contributed by atoms with Crippen LogP contribution in [-0.2, 0) is 0 Å².